The smallest absolute Gasteiger partial charge is 0.308 e. The minimum absolute atomic E-state index is 0.144. The molecule has 3 heteroatoms. The predicted molar refractivity (Wildman–Crippen MR) is 63.3 cm³/mol. The van der Waals surface area contributed by atoms with Crippen LogP contribution in [0.25, 0.3) is 0 Å². The average Bonchev–Trinajstić information content (AvgIpc) is 2.61. The Morgan fingerprint density at radius 1 is 1.12 bits per heavy atom. The monoisotopic (exact) mass is 225 g/mol. The van der Waals surface area contributed by atoms with E-state index < -0.39 is 5.97 Å². The first-order chi connectivity index (χ1) is 7.59. The third-order valence-corrected chi connectivity index (χ3v) is 4.49. The van der Waals surface area contributed by atoms with Crippen molar-refractivity contribution in [3.63, 3.8) is 0 Å². The summed E-state index contributed by atoms with van der Waals surface area (Å²) in [6.45, 7) is 6.15. The van der Waals surface area contributed by atoms with Crippen LogP contribution in [0.2, 0.25) is 0 Å². The number of rotatable bonds is 2. The van der Waals surface area contributed by atoms with Crippen molar-refractivity contribution in [2.75, 3.05) is 13.1 Å². The first-order valence-electron chi connectivity index (χ1n) is 6.56. The van der Waals surface area contributed by atoms with E-state index in [0.29, 0.717) is 12.0 Å². The van der Waals surface area contributed by atoms with Crippen LogP contribution in [0.5, 0.6) is 0 Å². The van der Waals surface area contributed by atoms with Gasteiger partial charge in [-0.3, -0.25) is 9.69 Å². The van der Waals surface area contributed by atoms with Gasteiger partial charge in [-0.25, -0.2) is 0 Å². The summed E-state index contributed by atoms with van der Waals surface area (Å²) in [7, 11) is 0. The fraction of sp³-hybridized carbons (Fsp3) is 0.923. The molecule has 1 heterocycles. The summed E-state index contributed by atoms with van der Waals surface area (Å²) in [5.74, 6) is 0.299. The van der Waals surface area contributed by atoms with Gasteiger partial charge < -0.3 is 5.11 Å². The Hall–Kier alpha value is -0.570. The van der Waals surface area contributed by atoms with Crippen molar-refractivity contribution < 1.29 is 9.90 Å². The van der Waals surface area contributed by atoms with Gasteiger partial charge in [0.2, 0.25) is 0 Å². The van der Waals surface area contributed by atoms with Crippen molar-refractivity contribution in [2.45, 2.75) is 45.6 Å². The summed E-state index contributed by atoms with van der Waals surface area (Å²) in [5.41, 5.74) is 0. The van der Waals surface area contributed by atoms with Crippen LogP contribution >= 0.6 is 0 Å². The molecule has 1 N–H and O–H groups in total. The zero-order valence-corrected chi connectivity index (χ0v) is 10.4. The molecule has 0 aromatic carbocycles. The summed E-state index contributed by atoms with van der Waals surface area (Å²) in [5, 5.41) is 9.14. The van der Waals surface area contributed by atoms with Crippen LogP contribution in [0.1, 0.15) is 39.5 Å². The molecule has 0 aromatic rings. The first kappa shape index (κ1) is 11.9. The Morgan fingerprint density at radius 3 is 2.38 bits per heavy atom. The zero-order valence-electron chi connectivity index (χ0n) is 10.4. The lowest BCUT2D eigenvalue weighted by atomic mass is 9.85. The van der Waals surface area contributed by atoms with Gasteiger partial charge in [0.15, 0.2) is 0 Å². The number of carboxylic acid groups (broad SMARTS) is 1. The van der Waals surface area contributed by atoms with Crippen molar-refractivity contribution in [3.05, 3.63) is 0 Å². The number of likely N-dealkylation sites (tertiary alicyclic amines) is 1. The maximum absolute atomic E-state index is 11.1. The summed E-state index contributed by atoms with van der Waals surface area (Å²) in [6.07, 6.45) is 5.24. The highest BCUT2D eigenvalue weighted by molar-refractivity contribution is 5.71. The minimum Gasteiger partial charge on any atom is -0.481 e. The molecule has 0 aromatic heterocycles. The van der Waals surface area contributed by atoms with E-state index in [1.807, 2.05) is 0 Å². The molecule has 3 nitrogen and oxygen atoms in total. The first-order valence-corrected chi connectivity index (χ1v) is 6.56. The van der Waals surface area contributed by atoms with E-state index in [-0.39, 0.29) is 5.92 Å². The minimum atomic E-state index is -0.613. The number of aliphatic carboxylic acids is 1. The molecule has 1 aliphatic heterocycles. The lowest BCUT2D eigenvalue weighted by Gasteiger charge is -2.36. The van der Waals surface area contributed by atoms with E-state index in [9.17, 15) is 4.79 Å². The van der Waals surface area contributed by atoms with Crippen LogP contribution in [-0.2, 0) is 4.79 Å². The Bertz CT molecular complexity index is 267. The standard InChI is InChI=1S/C13H23NO2/c1-9-5-3-4-6-12(9)14-7-10(2)11(8-14)13(15)16/h9-12H,3-8H2,1-2H3,(H,15,16). The van der Waals surface area contributed by atoms with Crippen LogP contribution in [0, 0.1) is 17.8 Å². The van der Waals surface area contributed by atoms with Crippen LogP contribution in [0.4, 0.5) is 0 Å². The maximum Gasteiger partial charge on any atom is 0.308 e. The van der Waals surface area contributed by atoms with Crippen molar-refractivity contribution in [2.24, 2.45) is 17.8 Å². The van der Waals surface area contributed by atoms with E-state index in [1.165, 1.54) is 25.7 Å². The Kier molecular flexibility index (Phi) is 3.53. The molecule has 2 aliphatic rings. The zero-order chi connectivity index (χ0) is 11.7. The lowest BCUT2D eigenvalue weighted by molar-refractivity contribution is -0.142. The third-order valence-electron chi connectivity index (χ3n) is 4.49. The van der Waals surface area contributed by atoms with E-state index >= 15 is 0 Å². The normalized spacial score (nSPS) is 41.1. The van der Waals surface area contributed by atoms with Crippen LogP contribution in [-0.4, -0.2) is 35.1 Å². The van der Waals surface area contributed by atoms with Crippen molar-refractivity contribution in [1.29, 1.82) is 0 Å². The average molecular weight is 225 g/mol. The third kappa shape index (κ3) is 2.24. The molecule has 4 unspecified atom stereocenters. The topological polar surface area (TPSA) is 40.5 Å². The molecule has 16 heavy (non-hydrogen) atoms. The number of hydrogen-bond acceptors (Lipinski definition) is 2. The van der Waals surface area contributed by atoms with E-state index in [0.717, 1.165) is 19.0 Å². The molecule has 1 aliphatic carbocycles. The second-order valence-corrected chi connectivity index (χ2v) is 5.71. The molecular weight excluding hydrogens is 202 g/mol. The van der Waals surface area contributed by atoms with Crippen molar-refractivity contribution in [3.8, 4) is 0 Å². The van der Waals surface area contributed by atoms with Crippen LogP contribution in [0.3, 0.4) is 0 Å². The van der Waals surface area contributed by atoms with E-state index in [1.54, 1.807) is 0 Å². The molecule has 1 saturated carbocycles. The highest BCUT2D eigenvalue weighted by Gasteiger charge is 2.39. The van der Waals surface area contributed by atoms with Crippen molar-refractivity contribution in [1.82, 2.24) is 4.90 Å². The van der Waals surface area contributed by atoms with Gasteiger partial charge in [0.25, 0.3) is 0 Å². The molecule has 1 saturated heterocycles. The maximum atomic E-state index is 11.1. The Morgan fingerprint density at radius 2 is 1.81 bits per heavy atom. The van der Waals surface area contributed by atoms with Crippen LogP contribution in [0.15, 0.2) is 0 Å². The fourth-order valence-corrected chi connectivity index (χ4v) is 3.44. The predicted octanol–water partition coefficient (Wildman–Crippen LogP) is 2.22. The second kappa shape index (κ2) is 4.74. The van der Waals surface area contributed by atoms with Gasteiger partial charge in [-0.1, -0.05) is 26.7 Å². The molecule has 4 atom stereocenters. The van der Waals surface area contributed by atoms with Gasteiger partial charge in [-0.15, -0.1) is 0 Å². The molecule has 0 spiro atoms. The summed E-state index contributed by atoms with van der Waals surface area (Å²) >= 11 is 0. The lowest BCUT2D eigenvalue weighted by Crippen LogP contribution is -2.40. The van der Waals surface area contributed by atoms with Gasteiger partial charge in [-0.2, -0.15) is 0 Å². The summed E-state index contributed by atoms with van der Waals surface area (Å²) in [6, 6.07) is 0.639. The fourth-order valence-electron chi connectivity index (χ4n) is 3.44. The van der Waals surface area contributed by atoms with Gasteiger partial charge in [0, 0.05) is 19.1 Å². The molecule has 2 fully saturated rings. The van der Waals surface area contributed by atoms with Crippen molar-refractivity contribution >= 4 is 5.97 Å². The number of carbonyl (C=O) groups is 1. The summed E-state index contributed by atoms with van der Waals surface area (Å²) in [4.78, 5) is 13.5. The number of nitrogens with zero attached hydrogens (tertiary/aromatic N) is 1. The van der Waals surface area contributed by atoms with Crippen LogP contribution < -0.4 is 0 Å². The Labute approximate surface area is 97.8 Å². The highest BCUT2D eigenvalue weighted by atomic mass is 16.4. The van der Waals surface area contributed by atoms with E-state index in [4.69, 9.17) is 5.11 Å². The van der Waals surface area contributed by atoms with E-state index in [2.05, 4.69) is 18.7 Å². The largest absolute Gasteiger partial charge is 0.481 e. The summed E-state index contributed by atoms with van der Waals surface area (Å²) < 4.78 is 0. The molecule has 0 amide bonds. The molecule has 0 bridgehead atoms. The van der Waals surface area contributed by atoms with Gasteiger partial charge in [0.05, 0.1) is 5.92 Å². The Balaban J connectivity index is 1.98. The molecule has 0 radical (unpaired) electrons. The molecule has 92 valence electrons. The quantitative estimate of drug-likeness (QED) is 0.783. The SMILES string of the molecule is CC1CN(C2CCCCC2C)CC1C(=O)O. The van der Waals surface area contributed by atoms with Gasteiger partial charge >= 0.3 is 5.97 Å². The van der Waals surface area contributed by atoms with Gasteiger partial charge in [-0.05, 0) is 24.7 Å². The molecular formula is C13H23NO2. The molecule has 2 rings (SSSR count). The number of hydrogen-bond donors (Lipinski definition) is 1. The number of carboxylic acids is 1. The van der Waals surface area contributed by atoms with Gasteiger partial charge in [0.1, 0.15) is 0 Å². The highest BCUT2D eigenvalue weighted by Crippen LogP contribution is 2.33. The second-order valence-electron chi connectivity index (χ2n) is 5.71.